The van der Waals surface area contributed by atoms with Gasteiger partial charge in [0.1, 0.15) is 11.2 Å². The fourth-order valence-corrected chi connectivity index (χ4v) is 12.8. The van der Waals surface area contributed by atoms with E-state index in [4.69, 9.17) is 9.41 Å². The fourth-order valence-electron chi connectivity index (χ4n) is 11.5. The summed E-state index contributed by atoms with van der Waals surface area (Å²) in [7, 11) is 0. The highest BCUT2D eigenvalue weighted by molar-refractivity contribution is 7.26. The van der Waals surface area contributed by atoms with Crippen LogP contribution < -0.4 is 0 Å². The first-order valence-electron chi connectivity index (χ1n) is 23.6. The van der Waals surface area contributed by atoms with E-state index in [0.29, 0.717) is 5.92 Å². The fraction of sp³-hybridized carbons (Fsp3) is 0.145. The van der Waals surface area contributed by atoms with E-state index in [-0.39, 0.29) is 17.9 Å². The molecule has 0 radical (unpaired) electrons. The first kappa shape index (κ1) is 39.1. The monoisotopic (exact) mass is 868 g/mol. The van der Waals surface area contributed by atoms with E-state index in [2.05, 4.69) is 213 Å². The molecule has 4 heteroatoms. The zero-order chi connectivity index (χ0) is 43.9. The van der Waals surface area contributed by atoms with Gasteiger partial charge in [-0.25, -0.2) is 0 Å². The lowest BCUT2D eigenvalue weighted by molar-refractivity contribution is 0.363. The van der Waals surface area contributed by atoms with E-state index in [1.807, 2.05) is 11.3 Å². The number of furan rings is 1. The molecule has 3 nitrogen and oxygen atoms in total. The quantitative estimate of drug-likeness (QED) is 0.164. The number of benzene rings is 9. The van der Waals surface area contributed by atoms with Crippen molar-refractivity contribution in [3.63, 3.8) is 0 Å². The van der Waals surface area contributed by atoms with Crippen LogP contribution in [0.15, 0.2) is 204 Å². The molecule has 4 unspecified atom stereocenters. The Morgan fingerprint density at radius 2 is 1.24 bits per heavy atom. The maximum absolute atomic E-state index is 6.90. The molecule has 13 rings (SSSR count). The lowest BCUT2D eigenvalue weighted by Gasteiger charge is -2.35. The van der Waals surface area contributed by atoms with Gasteiger partial charge < -0.3 is 8.98 Å². The standard InChI is InChI=1S/C62H48N2OS/c1-3-45-46(49-23-15-24-50-48-21-11-14-27-58(48)66-62(49)50)33-28-38(2)60(63-61(45)41-31-29-40(30-32-41)39-16-5-4-6-17-39)44-36-55(59-51-22-10-13-26-56(51)65-57(59)37-44)64-53-25-12-9-20-47(53)52-34-42-18-7-8-19-43(42)35-54(52)64/h4-27,29-32,34-38,45-46,60H,3,28,33H2,1-2H3/b63-61-. The molecule has 0 amide bonds. The number of nitrogens with zero attached hydrogens (tertiary/aromatic N) is 2. The van der Waals surface area contributed by atoms with Crippen molar-refractivity contribution in [1.29, 1.82) is 0 Å². The van der Waals surface area contributed by atoms with Crippen LogP contribution in [-0.2, 0) is 0 Å². The summed E-state index contributed by atoms with van der Waals surface area (Å²) >= 11 is 1.95. The topological polar surface area (TPSA) is 30.4 Å². The van der Waals surface area contributed by atoms with Crippen LogP contribution in [0.3, 0.4) is 0 Å². The summed E-state index contributed by atoms with van der Waals surface area (Å²) in [5, 5.41) is 9.94. The van der Waals surface area contributed by atoms with Gasteiger partial charge in [0.2, 0.25) is 0 Å². The number of thiophene rings is 1. The Balaban J connectivity index is 1.05. The van der Waals surface area contributed by atoms with Gasteiger partial charge in [0.25, 0.3) is 0 Å². The molecule has 9 aromatic carbocycles. The van der Waals surface area contributed by atoms with Gasteiger partial charge >= 0.3 is 0 Å². The zero-order valence-electron chi connectivity index (χ0n) is 37.1. The summed E-state index contributed by atoms with van der Waals surface area (Å²) in [6.07, 6.45) is 3.10. The molecule has 1 aliphatic heterocycles. The molecule has 1 aliphatic rings. The predicted molar refractivity (Wildman–Crippen MR) is 281 cm³/mol. The lowest BCUT2D eigenvalue weighted by Crippen LogP contribution is -2.28. The van der Waals surface area contributed by atoms with E-state index in [9.17, 15) is 0 Å². The molecule has 4 atom stereocenters. The Morgan fingerprint density at radius 1 is 0.561 bits per heavy atom. The highest BCUT2D eigenvalue weighted by Gasteiger charge is 2.35. The SMILES string of the molecule is CCC1/C(c2ccc(-c3ccccc3)cc2)=N\C(c2cc(-n3c4ccccc4c4cc5ccccc5cc43)c3c(c2)oc2ccccc23)C(C)CCC1c1cccc2c1sc1ccccc12. The molecule has 0 bridgehead atoms. The number of fused-ring (bicyclic) bond motifs is 10. The molecule has 0 fully saturated rings. The van der Waals surface area contributed by atoms with Gasteiger partial charge in [0, 0.05) is 48.0 Å². The van der Waals surface area contributed by atoms with Crippen molar-refractivity contribution in [2.24, 2.45) is 16.8 Å². The van der Waals surface area contributed by atoms with Crippen LogP contribution in [0, 0.1) is 11.8 Å². The molecule has 3 aromatic heterocycles. The number of hydrogen-bond donors (Lipinski definition) is 0. The number of aromatic nitrogens is 1. The van der Waals surface area contributed by atoms with Gasteiger partial charge in [-0.1, -0.05) is 166 Å². The summed E-state index contributed by atoms with van der Waals surface area (Å²) in [5.41, 5.74) is 12.8. The zero-order valence-corrected chi connectivity index (χ0v) is 37.9. The summed E-state index contributed by atoms with van der Waals surface area (Å²) in [6, 6.07) is 71.5. The second kappa shape index (κ2) is 15.7. The van der Waals surface area contributed by atoms with Crippen LogP contribution >= 0.6 is 11.3 Å². The number of para-hydroxylation sites is 2. The van der Waals surface area contributed by atoms with E-state index in [0.717, 1.165) is 46.9 Å². The molecule has 12 aromatic rings. The van der Waals surface area contributed by atoms with Crippen molar-refractivity contribution < 1.29 is 4.42 Å². The molecule has 318 valence electrons. The Kier molecular flexibility index (Phi) is 9.32. The van der Waals surface area contributed by atoms with Crippen molar-refractivity contribution in [3.05, 3.63) is 211 Å². The van der Waals surface area contributed by atoms with E-state index >= 15 is 0 Å². The Morgan fingerprint density at radius 3 is 2.08 bits per heavy atom. The summed E-state index contributed by atoms with van der Waals surface area (Å²) in [6.45, 7) is 4.81. The molecule has 0 aliphatic carbocycles. The molecular formula is C62H48N2OS. The van der Waals surface area contributed by atoms with Gasteiger partial charge in [-0.2, -0.15) is 0 Å². The van der Waals surface area contributed by atoms with Gasteiger partial charge in [-0.05, 0) is 112 Å². The average molecular weight is 869 g/mol. The minimum atomic E-state index is -0.103. The van der Waals surface area contributed by atoms with Gasteiger partial charge in [0.15, 0.2) is 0 Å². The van der Waals surface area contributed by atoms with Crippen LogP contribution in [0.5, 0.6) is 0 Å². The largest absolute Gasteiger partial charge is 0.456 e. The van der Waals surface area contributed by atoms with Crippen LogP contribution in [0.2, 0.25) is 0 Å². The average Bonchev–Trinajstić information content (AvgIpc) is 4.04. The minimum Gasteiger partial charge on any atom is -0.456 e. The normalized spacial score (nSPS) is 19.0. The second-order valence-corrected chi connectivity index (χ2v) is 19.5. The summed E-state index contributed by atoms with van der Waals surface area (Å²) in [4.78, 5) is 6.13. The minimum absolute atomic E-state index is 0.103. The van der Waals surface area contributed by atoms with E-state index in [1.54, 1.807) is 0 Å². The molecular weight excluding hydrogens is 821 g/mol. The highest BCUT2D eigenvalue weighted by atomic mass is 32.1. The molecule has 0 N–H and O–H groups in total. The third-order valence-electron chi connectivity index (χ3n) is 14.8. The smallest absolute Gasteiger partial charge is 0.137 e. The van der Waals surface area contributed by atoms with Crippen LogP contribution in [0.1, 0.15) is 61.8 Å². The Bertz CT molecular complexity index is 3850. The molecule has 66 heavy (non-hydrogen) atoms. The summed E-state index contributed by atoms with van der Waals surface area (Å²) in [5.74, 6) is 0.768. The number of aliphatic imine (C=N–C) groups is 1. The van der Waals surface area contributed by atoms with E-state index in [1.165, 1.54) is 86.3 Å². The van der Waals surface area contributed by atoms with Crippen molar-refractivity contribution >= 4 is 91.7 Å². The van der Waals surface area contributed by atoms with E-state index < -0.39 is 0 Å². The van der Waals surface area contributed by atoms with Crippen LogP contribution in [-0.4, -0.2) is 10.3 Å². The van der Waals surface area contributed by atoms with Crippen molar-refractivity contribution in [2.45, 2.75) is 45.1 Å². The summed E-state index contributed by atoms with van der Waals surface area (Å²) < 4.78 is 12.2. The van der Waals surface area contributed by atoms with Gasteiger partial charge in [-0.3, -0.25) is 4.99 Å². The Labute approximate surface area is 388 Å². The van der Waals surface area contributed by atoms with Gasteiger partial charge in [-0.15, -0.1) is 11.3 Å². The lowest BCUT2D eigenvalue weighted by atomic mass is 9.73. The molecule has 0 saturated carbocycles. The second-order valence-electron chi connectivity index (χ2n) is 18.5. The molecule has 0 spiro atoms. The first-order valence-corrected chi connectivity index (χ1v) is 24.4. The molecule has 4 heterocycles. The number of rotatable bonds is 6. The Hall–Kier alpha value is -7.27. The third-order valence-corrected chi connectivity index (χ3v) is 16.0. The van der Waals surface area contributed by atoms with Crippen molar-refractivity contribution in [1.82, 2.24) is 4.57 Å². The van der Waals surface area contributed by atoms with Crippen molar-refractivity contribution in [2.75, 3.05) is 0 Å². The maximum Gasteiger partial charge on any atom is 0.137 e. The molecule has 0 saturated heterocycles. The van der Waals surface area contributed by atoms with Crippen LogP contribution in [0.4, 0.5) is 0 Å². The first-order chi connectivity index (χ1) is 32.6. The highest BCUT2D eigenvalue weighted by Crippen LogP contribution is 2.48. The van der Waals surface area contributed by atoms with Gasteiger partial charge in [0.05, 0.1) is 28.1 Å². The van der Waals surface area contributed by atoms with Crippen molar-refractivity contribution in [3.8, 4) is 16.8 Å². The predicted octanol–water partition coefficient (Wildman–Crippen LogP) is 17.6. The maximum atomic E-state index is 6.90. The third kappa shape index (κ3) is 6.26. The number of hydrogen-bond acceptors (Lipinski definition) is 3. The van der Waals surface area contributed by atoms with Crippen LogP contribution in [0.25, 0.3) is 91.5 Å².